The van der Waals surface area contributed by atoms with Gasteiger partial charge < -0.3 is 19.3 Å². The molecule has 45 heavy (non-hydrogen) atoms. The lowest BCUT2D eigenvalue weighted by Gasteiger charge is -2.35. The lowest BCUT2D eigenvalue weighted by atomic mass is 10.0. The highest BCUT2D eigenvalue weighted by Crippen LogP contribution is 2.35. The molecule has 2 aromatic heterocycles. The number of rotatable bonds is 12. The Kier molecular flexibility index (Phi) is 10.6. The first-order valence-electron chi connectivity index (χ1n) is 14.9. The van der Waals surface area contributed by atoms with Crippen LogP contribution < -0.4 is 19.8 Å². The van der Waals surface area contributed by atoms with Crippen LogP contribution in [0.25, 0.3) is 22.2 Å². The Bertz CT molecular complexity index is 1610. The second-order valence-electron chi connectivity index (χ2n) is 11.2. The molecule has 1 aromatic carbocycles. The van der Waals surface area contributed by atoms with Crippen molar-refractivity contribution in [2.24, 2.45) is 0 Å². The molecule has 2 saturated heterocycles. The molecular formula is C29H39FN8O6S. The SMILES string of the molecule is COc1ncc(-c2nc(N3CCOCC3)nc3c(CN4CCN(CCCCC(=O)NO)CC4)cc(F)cc23)cc1NS(C)(=O)=O. The Morgan fingerprint density at radius 1 is 1.07 bits per heavy atom. The summed E-state index contributed by atoms with van der Waals surface area (Å²) < 4.78 is 52.7. The second kappa shape index (κ2) is 14.6. The van der Waals surface area contributed by atoms with E-state index in [2.05, 4.69) is 19.5 Å². The molecule has 0 atom stereocenters. The highest BCUT2D eigenvalue weighted by atomic mass is 32.2. The van der Waals surface area contributed by atoms with Gasteiger partial charge in [0.2, 0.25) is 27.8 Å². The number of nitrogens with one attached hydrogen (secondary N) is 2. The average molecular weight is 647 g/mol. The number of aromatic nitrogens is 3. The van der Waals surface area contributed by atoms with Gasteiger partial charge in [-0.25, -0.2) is 33.2 Å². The van der Waals surface area contributed by atoms with Gasteiger partial charge in [-0.2, -0.15) is 0 Å². The van der Waals surface area contributed by atoms with Crippen LogP contribution in [0.2, 0.25) is 0 Å². The number of carbonyl (C=O) groups excluding carboxylic acids is 1. The fourth-order valence-corrected chi connectivity index (χ4v) is 6.15. The Balaban J connectivity index is 1.45. The number of methoxy groups -OCH3 is 1. The van der Waals surface area contributed by atoms with Crippen LogP contribution >= 0.6 is 0 Å². The molecule has 0 unspecified atom stereocenters. The standard InChI is InChI=1S/C29H39FN8O6S/c1-43-28-24(35-45(2,41)42)16-20(18-31-28)26-23-17-22(30)15-21(27(23)33-29(32-26)38-11-13-44-14-12-38)19-37-9-7-36(8-10-37)6-4-3-5-25(39)34-40/h15-18,35,40H,3-14,19H2,1-2H3,(H,34,39). The molecule has 5 rings (SSSR count). The summed E-state index contributed by atoms with van der Waals surface area (Å²) >= 11 is 0. The third-order valence-electron chi connectivity index (χ3n) is 7.85. The number of amides is 1. The first kappa shape index (κ1) is 32.7. The molecule has 0 saturated carbocycles. The number of ether oxygens (including phenoxy) is 2. The summed E-state index contributed by atoms with van der Waals surface area (Å²) in [5.74, 6) is -0.234. The summed E-state index contributed by atoms with van der Waals surface area (Å²) in [4.78, 5) is 32.0. The Labute approximate surface area is 261 Å². The summed E-state index contributed by atoms with van der Waals surface area (Å²) in [6.07, 6.45) is 4.41. The first-order chi connectivity index (χ1) is 21.6. The van der Waals surface area contributed by atoms with E-state index in [4.69, 9.17) is 24.6 Å². The molecular weight excluding hydrogens is 607 g/mol. The van der Waals surface area contributed by atoms with E-state index in [9.17, 15) is 13.2 Å². The van der Waals surface area contributed by atoms with Crippen molar-refractivity contribution >= 4 is 38.5 Å². The van der Waals surface area contributed by atoms with E-state index >= 15 is 4.39 Å². The van der Waals surface area contributed by atoms with Crippen molar-refractivity contribution in [2.45, 2.75) is 25.8 Å². The van der Waals surface area contributed by atoms with Gasteiger partial charge in [0.1, 0.15) is 11.5 Å². The van der Waals surface area contributed by atoms with Crippen molar-refractivity contribution in [1.82, 2.24) is 30.2 Å². The number of carbonyl (C=O) groups is 1. The lowest BCUT2D eigenvalue weighted by Crippen LogP contribution is -2.46. The maximum Gasteiger partial charge on any atom is 0.243 e. The molecule has 2 aliphatic rings. The number of hydrogen-bond donors (Lipinski definition) is 3. The highest BCUT2D eigenvalue weighted by molar-refractivity contribution is 7.92. The van der Waals surface area contributed by atoms with Crippen LogP contribution in [-0.2, 0) is 26.1 Å². The Hall–Kier alpha value is -3.70. The molecule has 16 heteroatoms. The van der Waals surface area contributed by atoms with Crippen molar-refractivity contribution < 1.29 is 32.3 Å². The van der Waals surface area contributed by atoms with E-state index in [1.807, 2.05) is 4.90 Å². The largest absolute Gasteiger partial charge is 0.480 e. The molecule has 3 N–H and O–H groups in total. The molecule has 0 radical (unpaired) electrons. The molecule has 0 bridgehead atoms. The number of nitrogens with zero attached hydrogens (tertiary/aromatic N) is 6. The number of morpholine rings is 1. The summed E-state index contributed by atoms with van der Waals surface area (Å²) in [5.41, 5.74) is 4.04. The molecule has 0 aliphatic carbocycles. The summed E-state index contributed by atoms with van der Waals surface area (Å²) in [7, 11) is -2.25. The number of piperazine rings is 1. The number of hydrogen-bond acceptors (Lipinski definition) is 12. The molecule has 14 nitrogen and oxygen atoms in total. The smallest absolute Gasteiger partial charge is 0.243 e. The first-order valence-corrected chi connectivity index (χ1v) is 16.8. The highest BCUT2D eigenvalue weighted by Gasteiger charge is 2.23. The average Bonchev–Trinajstić information content (AvgIpc) is 3.03. The predicted octanol–water partition coefficient (Wildman–Crippen LogP) is 1.84. The number of unbranched alkanes of at least 4 members (excludes halogenated alkanes) is 1. The van der Waals surface area contributed by atoms with E-state index in [0.717, 1.165) is 51.0 Å². The number of halogens is 1. The van der Waals surface area contributed by atoms with Crippen molar-refractivity contribution in [3.8, 4) is 17.1 Å². The summed E-state index contributed by atoms with van der Waals surface area (Å²) in [6.45, 7) is 6.83. The number of hydroxylamine groups is 1. The zero-order valence-electron chi connectivity index (χ0n) is 25.5. The van der Waals surface area contributed by atoms with Crippen LogP contribution in [0.4, 0.5) is 16.0 Å². The minimum absolute atomic E-state index is 0.0950. The maximum atomic E-state index is 15.3. The van der Waals surface area contributed by atoms with Gasteiger partial charge in [0.15, 0.2) is 0 Å². The molecule has 0 spiro atoms. The van der Waals surface area contributed by atoms with Crippen LogP contribution in [-0.4, -0.2) is 117 Å². The molecule has 3 aromatic rings. The fourth-order valence-electron chi connectivity index (χ4n) is 5.60. The molecule has 1 amide bonds. The van der Waals surface area contributed by atoms with Crippen molar-refractivity contribution in [3.63, 3.8) is 0 Å². The third kappa shape index (κ3) is 8.52. The normalized spacial score (nSPS) is 16.6. The Morgan fingerprint density at radius 2 is 1.80 bits per heavy atom. The van der Waals surface area contributed by atoms with E-state index in [-0.39, 0.29) is 17.5 Å². The Morgan fingerprint density at radius 3 is 2.49 bits per heavy atom. The summed E-state index contributed by atoms with van der Waals surface area (Å²) in [6, 6.07) is 4.50. The van der Waals surface area contributed by atoms with Crippen molar-refractivity contribution in [3.05, 3.63) is 35.8 Å². The molecule has 2 aliphatic heterocycles. The van der Waals surface area contributed by atoms with Crippen LogP contribution in [0.5, 0.6) is 5.88 Å². The van der Waals surface area contributed by atoms with Gasteiger partial charge in [0.25, 0.3) is 0 Å². The van der Waals surface area contributed by atoms with Crippen LogP contribution in [0, 0.1) is 5.82 Å². The van der Waals surface area contributed by atoms with Gasteiger partial charge in [-0.3, -0.25) is 19.6 Å². The van der Waals surface area contributed by atoms with Gasteiger partial charge in [-0.15, -0.1) is 0 Å². The second-order valence-corrected chi connectivity index (χ2v) is 12.9. The molecule has 2 fully saturated rings. The number of fused-ring (bicyclic) bond motifs is 1. The zero-order valence-corrected chi connectivity index (χ0v) is 26.3. The minimum Gasteiger partial charge on any atom is -0.480 e. The molecule has 4 heterocycles. The fraction of sp³-hybridized carbons (Fsp3) is 0.517. The third-order valence-corrected chi connectivity index (χ3v) is 8.44. The monoisotopic (exact) mass is 646 g/mol. The van der Waals surface area contributed by atoms with Gasteiger partial charge in [-0.1, -0.05) is 0 Å². The van der Waals surface area contributed by atoms with E-state index in [1.54, 1.807) is 11.5 Å². The molecule has 244 valence electrons. The van der Waals surface area contributed by atoms with Gasteiger partial charge in [0.05, 0.1) is 37.8 Å². The van der Waals surface area contributed by atoms with E-state index in [1.165, 1.54) is 25.4 Å². The number of sulfonamides is 1. The topological polar surface area (TPSA) is 162 Å². The van der Waals surface area contributed by atoms with Crippen LogP contribution in [0.1, 0.15) is 24.8 Å². The van der Waals surface area contributed by atoms with Crippen molar-refractivity contribution in [1.29, 1.82) is 0 Å². The number of anilines is 2. The van der Waals surface area contributed by atoms with Gasteiger partial charge in [-0.05, 0) is 43.1 Å². The van der Waals surface area contributed by atoms with Gasteiger partial charge >= 0.3 is 0 Å². The zero-order chi connectivity index (χ0) is 32.0. The lowest BCUT2D eigenvalue weighted by molar-refractivity contribution is -0.129. The summed E-state index contributed by atoms with van der Waals surface area (Å²) in [5, 5.41) is 9.14. The van der Waals surface area contributed by atoms with Crippen LogP contribution in [0.15, 0.2) is 24.4 Å². The quantitative estimate of drug-likeness (QED) is 0.149. The predicted molar refractivity (Wildman–Crippen MR) is 166 cm³/mol. The van der Waals surface area contributed by atoms with Crippen LogP contribution in [0.3, 0.4) is 0 Å². The van der Waals surface area contributed by atoms with Gasteiger partial charge in [0, 0.05) is 69.4 Å². The maximum absolute atomic E-state index is 15.3. The number of benzene rings is 1. The number of pyridine rings is 1. The van der Waals surface area contributed by atoms with E-state index in [0.29, 0.717) is 73.8 Å². The van der Waals surface area contributed by atoms with Crippen molar-refractivity contribution in [2.75, 3.05) is 82.0 Å². The minimum atomic E-state index is -3.64. The van der Waals surface area contributed by atoms with E-state index < -0.39 is 15.8 Å².